The highest BCUT2D eigenvalue weighted by atomic mass is 19.4. The molecule has 0 radical (unpaired) electrons. The number of amides is 2. The van der Waals surface area contributed by atoms with Gasteiger partial charge in [-0.3, -0.25) is 9.59 Å². The van der Waals surface area contributed by atoms with Crippen LogP contribution in [0, 0.1) is 0 Å². The van der Waals surface area contributed by atoms with Crippen molar-refractivity contribution in [2.75, 3.05) is 23.4 Å². The minimum Gasteiger partial charge on any atom is -0.482 e. The molecule has 0 saturated heterocycles. The molecule has 1 aliphatic rings. The van der Waals surface area contributed by atoms with Crippen molar-refractivity contribution in [3.63, 3.8) is 0 Å². The molecule has 2 aromatic rings. The average Bonchev–Trinajstić information content (AvgIpc) is 2.61. The highest BCUT2D eigenvalue weighted by Gasteiger charge is 2.32. The van der Waals surface area contributed by atoms with Crippen molar-refractivity contribution in [2.45, 2.75) is 12.8 Å². The summed E-state index contributed by atoms with van der Waals surface area (Å²) in [5.74, 6) is -0.833. The van der Waals surface area contributed by atoms with E-state index in [2.05, 4.69) is 10.1 Å². The third-order valence-corrected chi connectivity index (χ3v) is 3.76. The summed E-state index contributed by atoms with van der Waals surface area (Å²) in [6, 6.07) is 12.1. The van der Waals surface area contributed by atoms with Crippen LogP contribution in [0.15, 0.2) is 48.5 Å². The number of anilines is 2. The summed E-state index contributed by atoms with van der Waals surface area (Å²) in [5.41, 5.74) is 0.441. The summed E-state index contributed by atoms with van der Waals surface area (Å²) >= 11 is 0. The van der Waals surface area contributed by atoms with Crippen LogP contribution in [0.3, 0.4) is 0 Å². The second-order valence-electron chi connectivity index (χ2n) is 5.64. The van der Waals surface area contributed by atoms with Crippen molar-refractivity contribution < 1.29 is 32.2 Å². The van der Waals surface area contributed by atoms with Gasteiger partial charge in [0.15, 0.2) is 12.4 Å². The molecule has 1 heterocycles. The lowest BCUT2D eigenvalue weighted by Gasteiger charge is -2.29. The van der Waals surface area contributed by atoms with E-state index < -0.39 is 18.0 Å². The number of carbonyl (C=O) groups is 2. The molecule has 0 bridgehead atoms. The van der Waals surface area contributed by atoms with Crippen LogP contribution in [0.1, 0.15) is 6.42 Å². The summed E-state index contributed by atoms with van der Waals surface area (Å²) in [6.07, 6.45) is -4.98. The van der Waals surface area contributed by atoms with Gasteiger partial charge in [0.1, 0.15) is 5.75 Å². The molecule has 0 aromatic heterocycles. The molecule has 9 heteroatoms. The Morgan fingerprint density at radius 2 is 1.85 bits per heavy atom. The molecule has 0 spiro atoms. The second kappa shape index (κ2) is 7.56. The summed E-state index contributed by atoms with van der Waals surface area (Å²) in [4.78, 5) is 25.7. The van der Waals surface area contributed by atoms with E-state index in [1.807, 2.05) is 0 Å². The van der Waals surface area contributed by atoms with Crippen molar-refractivity contribution in [3.05, 3.63) is 48.5 Å². The van der Waals surface area contributed by atoms with E-state index >= 15 is 0 Å². The van der Waals surface area contributed by atoms with Crippen LogP contribution in [0.2, 0.25) is 0 Å². The van der Waals surface area contributed by atoms with Gasteiger partial charge in [0.05, 0.1) is 11.4 Å². The van der Waals surface area contributed by atoms with Gasteiger partial charge in [-0.2, -0.15) is 0 Å². The number of benzene rings is 2. The van der Waals surface area contributed by atoms with Crippen LogP contribution >= 0.6 is 0 Å². The van der Waals surface area contributed by atoms with Gasteiger partial charge in [0, 0.05) is 13.0 Å². The maximum atomic E-state index is 12.4. The van der Waals surface area contributed by atoms with Crippen molar-refractivity contribution in [1.82, 2.24) is 0 Å². The largest absolute Gasteiger partial charge is 0.573 e. The zero-order valence-corrected chi connectivity index (χ0v) is 14.0. The van der Waals surface area contributed by atoms with Crippen LogP contribution in [-0.2, 0) is 9.59 Å². The first-order chi connectivity index (χ1) is 12.8. The highest BCUT2D eigenvalue weighted by Crippen LogP contribution is 2.32. The molecule has 0 unspecified atom stereocenters. The Morgan fingerprint density at radius 3 is 2.63 bits per heavy atom. The maximum absolute atomic E-state index is 12.4. The Bertz CT molecular complexity index is 854. The standard InChI is InChI=1S/C18H15F3N2O4/c19-18(20,21)27-14-7-3-1-5-12(14)22-16(24)9-10-23-13-6-2-4-8-15(13)26-11-17(23)25/h1-8H,9-11H2,(H,22,24). The molecule has 0 aliphatic carbocycles. The molecular weight excluding hydrogens is 365 g/mol. The Kier molecular flexibility index (Phi) is 5.20. The number of para-hydroxylation sites is 4. The van der Waals surface area contributed by atoms with Crippen LogP contribution in [0.5, 0.6) is 11.5 Å². The summed E-state index contributed by atoms with van der Waals surface area (Å²) in [6.45, 7) is -0.0752. The quantitative estimate of drug-likeness (QED) is 0.864. The van der Waals surface area contributed by atoms with E-state index in [9.17, 15) is 22.8 Å². The van der Waals surface area contributed by atoms with Crippen LogP contribution in [-0.4, -0.2) is 31.3 Å². The van der Waals surface area contributed by atoms with E-state index in [1.165, 1.54) is 23.1 Å². The number of carbonyl (C=O) groups excluding carboxylic acids is 2. The second-order valence-corrected chi connectivity index (χ2v) is 5.64. The summed E-state index contributed by atoms with van der Waals surface area (Å²) in [7, 11) is 0. The van der Waals surface area contributed by atoms with Crippen molar-refractivity contribution in [1.29, 1.82) is 0 Å². The number of hydrogen-bond donors (Lipinski definition) is 1. The molecule has 6 nitrogen and oxygen atoms in total. The van der Waals surface area contributed by atoms with E-state index in [0.717, 1.165) is 6.07 Å². The fourth-order valence-corrected chi connectivity index (χ4v) is 2.61. The van der Waals surface area contributed by atoms with Crippen LogP contribution in [0.4, 0.5) is 24.5 Å². The smallest absolute Gasteiger partial charge is 0.482 e. The van der Waals surface area contributed by atoms with Gasteiger partial charge in [-0.05, 0) is 24.3 Å². The Balaban J connectivity index is 1.65. The van der Waals surface area contributed by atoms with Gasteiger partial charge in [-0.25, -0.2) is 0 Å². The van der Waals surface area contributed by atoms with Crippen LogP contribution in [0.25, 0.3) is 0 Å². The molecule has 0 atom stereocenters. The topological polar surface area (TPSA) is 67.9 Å². The number of nitrogens with one attached hydrogen (secondary N) is 1. The van der Waals surface area contributed by atoms with E-state index in [1.54, 1.807) is 24.3 Å². The van der Waals surface area contributed by atoms with E-state index in [4.69, 9.17) is 4.74 Å². The Hall–Kier alpha value is -3.23. The number of fused-ring (bicyclic) bond motifs is 1. The van der Waals surface area contributed by atoms with Gasteiger partial charge in [-0.1, -0.05) is 24.3 Å². The zero-order valence-electron chi connectivity index (χ0n) is 14.0. The lowest BCUT2D eigenvalue weighted by molar-refractivity contribution is -0.274. The number of ether oxygens (including phenoxy) is 2. The normalized spacial score (nSPS) is 13.6. The first-order valence-electron chi connectivity index (χ1n) is 8.00. The fourth-order valence-electron chi connectivity index (χ4n) is 2.61. The van der Waals surface area contributed by atoms with Gasteiger partial charge in [0.2, 0.25) is 5.91 Å². The molecule has 0 fully saturated rings. The highest BCUT2D eigenvalue weighted by molar-refractivity contribution is 5.99. The molecule has 0 saturated carbocycles. The van der Waals surface area contributed by atoms with E-state index in [-0.39, 0.29) is 31.2 Å². The lowest BCUT2D eigenvalue weighted by atomic mass is 10.2. The minimum atomic E-state index is -4.87. The summed E-state index contributed by atoms with van der Waals surface area (Å²) in [5, 5.41) is 2.38. The summed E-state index contributed by atoms with van der Waals surface area (Å²) < 4.78 is 46.5. The third kappa shape index (κ3) is 4.69. The Morgan fingerprint density at radius 1 is 1.15 bits per heavy atom. The first-order valence-corrected chi connectivity index (χ1v) is 8.00. The zero-order chi connectivity index (χ0) is 19.4. The van der Waals surface area contributed by atoms with Crippen LogP contribution < -0.4 is 19.7 Å². The Labute approximate surface area is 152 Å². The van der Waals surface area contributed by atoms with Crippen molar-refractivity contribution in [3.8, 4) is 11.5 Å². The van der Waals surface area contributed by atoms with Gasteiger partial charge < -0.3 is 19.7 Å². The molecule has 142 valence electrons. The van der Waals surface area contributed by atoms with Gasteiger partial charge in [-0.15, -0.1) is 13.2 Å². The van der Waals surface area contributed by atoms with Crippen molar-refractivity contribution >= 4 is 23.2 Å². The van der Waals surface area contributed by atoms with E-state index in [0.29, 0.717) is 11.4 Å². The molecule has 1 aliphatic heterocycles. The number of alkyl halides is 3. The van der Waals surface area contributed by atoms with Gasteiger partial charge >= 0.3 is 6.36 Å². The number of hydrogen-bond acceptors (Lipinski definition) is 4. The number of halogens is 3. The fraction of sp³-hybridized carbons (Fsp3) is 0.222. The number of rotatable bonds is 5. The first kappa shape index (κ1) is 18.6. The van der Waals surface area contributed by atoms with Crippen molar-refractivity contribution in [2.24, 2.45) is 0 Å². The molecule has 2 amide bonds. The molecular formula is C18H15F3N2O4. The third-order valence-electron chi connectivity index (χ3n) is 3.76. The lowest BCUT2D eigenvalue weighted by Crippen LogP contribution is -2.40. The maximum Gasteiger partial charge on any atom is 0.573 e. The number of nitrogens with zero attached hydrogens (tertiary/aromatic N) is 1. The predicted molar refractivity (Wildman–Crippen MR) is 90.7 cm³/mol. The average molecular weight is 380 g/mol. The molecule has 27 heavy (non-hydrogen) atoms. The monoisotopic (exact) mass is 380 g/mol. The molecule has 3 rings (SSSR count). The van der Waals surface area contributed by atoms with Gasteiger partial charge in [0.25, 0.3) is 5.91 Å². The molecule has 2 aromatic carbocycles. The SMILES string of the molecule is O=C(CCN1C(=O)COc2ccccc21)Nc1ccccc1OC(F)(F)F. The minimum absolute atomic E-state index is 0.0628. The predicted octanol–water partition coefficient (Wildman–Crippen LogP) is 3.34. The molecule has 1 N–H and O–H groups in total.